The summed E-state index contributed by atoms with van der Waals surface area (Å²) in [4.78, 5) is 37.4. The predicted molar refractivity (Wildman–Crippen MR) is 112 cm³/mol. The standard InChI is InChI=1S/C23H28N2O5/c1-15(2)14-18(23(29)30-3)24-22(28)20(26)19(16-10-6-4-7-11-16)25-21(27)17-12-8-5-9-13-17/h4-13,15,18-20,26H,14H2,1-3H3,(H,24,28)(H,25,27)/t18-,19-,20+/m0/s1. The van der Waals surface area contributed by atoms with Crippen molar-refractivity contribution in [2.45, 2.75) is 38.5 Å². The Labute approximate surface area is 176 Å². The van der Waals surface area contributed by atoms with Crippen LogP contribution in [0.2, 0.25) is 0 Å². The van der Waals surface area contributed by atoms with Crippen molar-refractivity contribution in [1.29, 1.82) is 0 Å². The number of nitrogens with one attached hydrogen (secondary N) is 2. The van der Waals surface area contributed by atoms with Gasteiger partial charge in [0.05, 0.1) is 13.2 Å². The Morgan fingerprint density at radius 1 is 0.933 bits per heavy atom. The van der Waals surface area contributed by atoms with E-state index < -0.39 is 36.0 Å². The minimum atomic E-state index is -1.61. The van der Waals surface area contributed by atoms with Gasteiger partial charge in [-0.1, -0.05) is 62.4 Å². The molecule has 7 heteroatoms. The highest BCUT2D eigenvalue weighted by atomic mass is 16.5. The molecule has 0 saturated carbocycles. The van der Waals surface area contributed by atoms with E-state index in [2.05, 4.69) is 10.6 Å². The van der Waals surface area contributed by atoms with Gasteiger partial charge in [0.2, 0.25) is 0 Å². The average molecular weight is 412 g/mol. The van der Waals surface area contributed by atoms with Crippen LogP contribution in [0.5, 0.6) is 0 Å². The van der Waals surface area contributed by atoms with Crippen molar-refractivity contribution in [1.82, 2.24) is 10.6 Å². The van der Waals surface area contributed by atoms with Gasteiger partial charge in [0.25, 0.3) is 11.8 Å². The lowest BCUT2D eigenvalue weighted by molar-refractivity contribution is -0.147. The van der Waals surface area contributed by atoms with Gasteiger partial charge in [-0.3, -0.25) is 9.59 Å². The number of aliphatic hydroxyl groups is 1. The first-order valence-electron chi connectivity index (χ1n) is 9.80. The fraction of sp³-hybridized carbons (Fsp3) is 0.348. The van der Waals surface area contributed by atoms with Crippen LogP contribution in [0.3, 0.4) is 0 Å². The molecule has 0 aliphatic rings. The van der Waals surface area contributed by atoms with Crippen LogP contribution < -0.4 is 10.6 Å². The predicted octanol–water partition coefficient (Wildman–Crippen LogP) is 2.22. The van der Waals surface area contributed by atoms with Crippen LogP contribution in [0, 0.1) is 5.92 Å². The van der Waals surface area contributed by atoms with Crippen molar-refractivity contribution >= 4 is 17.8 Å². The molecular formula is C23H28N2O5. The van der Waals surface area contributed by atoms with Crippen molar-refractivity contribution in [3.8, 4) is 0 Å². The number of hydrogen-bond donors (Lipinski definition) is 3. The Morgan fingerprint density at radius 2 is 1.50 bits per heavy atom. The SMILES string of the molecule is COC(=O)[C@H](CC(C)C)NC(=O)[C@H](O)[C@@H](NC(=O)c1ccccc1)c1ccccc1. The molecule has 2 aromatic carbocycles. The van der Waals surface area contributed by atoms with Crippen LogP contribution in [-0.4, -0.2) is 42.1 Å². The quantitative estimate of drug-likeness (QED) is 0.548. The van der Waals surface area contributed by atoms with Gasteiger partial charge in [0.15, 0.2) is 6.10 Å². The van der Waals surface area contributed by atoms with E-state index in [1.54, 1.807) is 60.7 Å². The Kier molecular flexibility index (Phi) is 8.55. The number of amides is 2. The average Bonchev–Trinajstić information content (AvgIpc) is 2.76. The van der Waals surface area contributed by atoms with Crippen molar-refractivity contribution in [3.63, 3.8) is 0 Å². The zero-order valence-corrected chi connectivity index (χ0v) is 17.4. The van der Waals surface area contributed by atoms with Crippen molar-refractivity contribution < 1.29 is 24.2 Å². The lowest BCUT2D eigenvalue weighted by Crippen LogP contribution is -2.50. The van der Waals surface area contributed by atoms with Gasteiger partial charge >= 0.3 is 5.97 Å². The summed E-state index contributed by atoms with van der Waals surface area (Å²) in [7, 11) is 1.24. The monoisotopic (exact) mass is 412 g/mol. The maximum atomic E-state index is 12.8. The van der Waals surface area contributed by atoms with E-state index in [0.717, 1.165) is 0 Å². The van der Waals surface area contributed by atoms with Crippen LogP contribution in [0.4, 0.5) is 0 Å². The van der Waals surface area contributed by atoms with Gasteiger partial charge in [0.1, 0.15) is 6.04 Å². The summed E-state index contributed by atoms with van der Waals surface area (Å²) in [5, 5.41) is 16.1. The molecule has 3 N–H and O–H groups in total. The summed E-state index contributed by atoms with van der Waals surface area (Å²) in [5.74, 6) is -1.67. The van der Waals surface area contributed by atoms with Gasteiger partial charge in [-0.15, -0.1) is 0 Å². The van der Waals surface area contributed by atoms with E-state index in [9.17, 15) is 19.5 Å². The molecule has 0 unspecified atom stereocenters. The smallest absolute Gasteiger partial charge is 0.328 e. The summed E-state index contributed by atoms with van der Waals surface area (Å²) in [6.45, 7) is 3.82. The molecule has 2 aromatic rings. The molecule has 0 spiro atoms. The number of benzene rings is 2. The topological polar surface area (TPSA) is 105 Å². The van der Waals surface area contributed by atoms with Crippen LogP contribution in [0.15, 0.2) is 60.7 Å². The Morgan fingerprint density at radius 3 is 2.03 bits per heavy atom. The third kappa shape index (κ3) is 6.42. The molecule has 2 amide bonds. The van der Waals surface area contributed by atoms with E-state index in [1.165, 1.54) is 7.11 Å². The molecule has 0 heterocycles. The molecule has 0 radical (unpaired) electrons. The number of carbonyl (C=O) groups is 3. The normalized spacial score (nSPS) is 13.8. The number of methoxy groups -OCH3 is 1. The molecule has 7 nitrogen and oxygen atoms in total. The van der Waals surface area contributed by atoms with Gasteiger partial charge in [-0.25, -0.2) is 4.79 Å². The molecule has 0 aromatic heterocycles. The fourth-order valence-electron chi connectivity index (χ4n) is 3.06. The molecule has 0 aliphatic heterocycles. The van der Waals surface area contributed by atoms with Gasteiger partial charge in [-0.2, -0.15) is 0 Å². The third-order valence-electron chi connectivity index (χ3n) is 4.57. The van der Waals surface area contributed by atoms with E-state index in [1.807, 2.05) is 13.8 Å². The Bertz CT molecular complexity index is 839. The fourth-order valence-corrected chi connectivity index (χ4v) is 3.06. The first kappa shape index (κ1) is 23.1. The van der Waals surface area contributed by atoms with Gasteiger partial charge in [-0.05, 0) is 30.0 Å². The van der Waals surface area contributed by atoms with Crippen molar-refractivity contribution in [2.75, 3.05) is 7.11 Å². The van der Waals surface area contributed by atoms with E-state index in [0.29, 0.717) is 17.5 Å². The molecular weight excluding hydrogens is 384 g/mol. The summed E-state index contributed by atoms with van der Waals surface area (Å²) >= 11 is 0. The van der Waals surface area contributed by atoms with Crippen molar-refractivity contribution in [2.24, 2.45) is 5.92 Å². The van der Waals surface area contributed by atoms with Gasteiger partial charge < -0.3 is 20.5 Å². The molecule has 0 aliphatic carbocycles. The highest BCUT2D eigenvalue weighted by Gasteiger charge is 2.32. The zero-order chi connectivity index (χ0) is 22.1. The first-order chi connectivity index (χ1) is 14.3. The molecule has 0 bridgehead atoms. The minimum Gasteiger partial charge on any atom is -0.467 e. The lowest BCUT2D eigenvalue weighted by Gasteiger charge is -2.26. The third-order valence-corrected chi connectivity index (χ3v) is 4.57. The molecule has 0 saturated heterocycles. The minimum absolute atomic E-state index is 0.120. The summed E-state index contributed by atoms with van der Waals surface area (Å²) in [6.07, 6.45) is -1.25. The Balaban J connectivity index is 2.23. The number of aliphatic hydroxyl groups excluding tert-OH is 1. The Hall–Kier alpha value is -3.19. The lowest BCUT2D eigenvalue weighted by atomic mass is 9.98. The molecule has 0 fully saturated rings. The zero-order valence-electron chi connectivity index (χ0n) is 17.4. The van der Waals surface area contributed by atoms with Crippen molar-refractivity contribution in [3.05, 3.63) is 71.8 Å². The second-order valence-corrected chi connectivity index (χ2v) is 7.39. The number of esters is 1. The highest BCUT2D eigenvalue weighted by Crippen LogP contribution is 2.19. The maximum Gasteiger partial charge on any atom is 0.328 e. The summed E-state index contributed by atoms with van der Waals surface area (Å²) in [6, 6.07) is 15.3. The molecule has 2 rings (SSSR count). The van der Waals surface area contributed by atoms with Crippen LogP contribution in [0.1, 0.15) is 42.2 Å². The van der Waals surface area contributed by atoms with Crippen LogP contribution in [-0.2, 0) is 14.3 Å². The van der Waals surface area contributed by atoms with Crippen LogP contribution in [0.25, 0.3) is 0 Å². The number of rotatable bonds is 9. The number of carbonyl (C=O) groups excluding carboxylic acids is 3. The highest BCUT2D eigenvalue weighted by molar-refractivity contribution is 5.95. The second kappa shape index (κ2) is 11.1. The number of hydrogen-bond acceptors (Lipinski definition) is 5. The van der Waals surface area contributed by atoms with E-state index in [4.69, 9.17) is 4.74 Å². The van der Waals surface area contributed by atoms with E-state index >= 15 is 0 Å². The van der Waals surface area contributed by atoms with Gasteiger partial charge in [0, 0.05) is 5.56 Å². The number of ether oxygens (including phenoxy) is 1. The molecule has 3 atom stereocenters. The first-order valence-corrected chi connectivity index (χ1v) is 9.80. The second-order valence-electron chi connectivity index (χ2n) is 7.39. The van der Waals surface area contributed by atoms with Crippen LogP contribution >= 0.6 is 0 Å². The van der Waals surface area contributed by atoms with E-state index in [-0.39, 0.29) is 5.92 Å². The summed E-state index contributed by atoms with van der Waals surface area (Å²) in [5.41, 5.74) is 0.959. The maximum absolute atomic E-state index is 12.8. The summed E-state index contributed by atoms with van der Waals surface area (Å²) < 4.78 is 4.76. The molecule has 30 heavy (non-hydrogen) atoms. The molecule has 160 valence electrons. The largest absolute Gasteiger partial charge is 0.467 e.